The summed E-state index contributed by atoms with van der Waals surface area (Å²) in [4.78, 5) is 2.51. The van der Waals surface area contributed by atoms with Crippen molar-refractivity contribution in [3.8, 4) is 6.07 Å². The fraction of sp³-hybridized carbons (Fsp3) is 0.938. The molecule has 1 aliphatic carbocycles. The van der Waals surface area contributed by atoms with Crippen LogP contribution in [0.15, 0.2) is 0 Å². The maximum Gasteiger partial charge on any atom is 0.103 e. The van der Waals surface area contributed by atoms with Gasteiger partial charge in [-0.25, -0.2) is 0 Å². The predicted molar refractivity (Wildman–Crippen MR) is 81.0 cm³/mol. The molecule has 0 aromatic heterocycles. The summed E-state index contributed by atoms with van der Waals surface area (Å²) in [6.45, 7) is 8.42. The Kier molecular flexibility index (Phi) is 6.82. The van der Waals surface area contributed by atoms with Crippen LogP contribution in [0.2, 0.25) is 0 Å². The Morgan fingerprint density at radius 1 is 1.42 bits per heavy atom. The number of nitriles is 1. The Bertz CT molecular complexity index is 297. The molecule has 3 nitrogen and oxygen atoms in total. The van der Waals surface area contributed by atoms with Crippen molar-refractivity contribution in [3.63, 3.8) is 0 Å². The van der Waals surface area contributed by atoms with Crippen LogP contribution in [0.4, 0.5) is 0 Å². The first kappa shape index (κ1) is 16.5. The van der Waals surface area contributed by atoms with Gasteiger partial charge in [0.25, 0.3) is 0 Å². The smallest absolute Gasteiger partial charge is 0.103 e. The molecule has 0 aromatic carbocycles. The van der Waals surface area contributed by atoms with E-state index in [0.717, 1.165) is 37.9 Å². The van der Waals surface area contributed by atoms with Gasteiger partial charge in [0.2, 0.25) is 0 Å². The molecule has 0 aliphatic heterocycles. The van der Waals surface area contributed by atoms with Crippen molar-refractivity contribution in [3.05, 3.63) is 0 Å². The average Bonchev–Trinajstić information content (AvgIpc) is 2.39. The van der Waals surface area contributed by atoms with Gasteiger partial charge in [-0.2, -0.15) is 5.26 Å². The molecule has 1 saturated carbocycles. The van der Waals surface area contributed by atoms with Crippen LogP contribution in [0, 0.1) is 17.2 Å². The highest BCUT2D eigenvalue weighted by Gasteiger charge is 2.24. The first-order valence-corrected chi connectivity index (χ1v) is 7.87. The molecule has 19 heavy (non-hydrogen) atoms. The van der Waals surface area contributed by atoms with E-state index in [-0.39, 0.29) is 5.54 Å². The van der Waals surface area contributed by atoms with Crippen molar-refractivity contribution in [2.75, 3.05) is 20.1 Å². The molecule has 0 bridgehead atoms. The van der Waals surface area contributed by atoms with E-state index in [1.807, 2.05) is 6.92 Å². The second-order valence-corrected chi connectivity index (χ2v) is 6.48. The van der Waals surface area contributed by atoms with E-state index >= 15 is 0 Å². The van der Waals surface area contributed by atoms with Gasteiger partial charge in [-0.1, -0.05) is 26.7 Å². The minimum atomic E-state index is -0.352. The lowest BCUT2D eigenvalue weighted by Gasteiger charge is -2.34. The van der Waals surface area contributed by atoms with E-state index < -0.39 is 0 Å². The first-order chi connectivity index (χ1) is 9.00. The topological polar surface area (TPSA) is 39.1 Å². The Morgan fingerprint density at radius 2 is 2.16 bits per heavy atom. The van der Waals surface area contributed by atoms with Crippen molar-refractivity contribution >= 4 is 0 Å². The molecule has 0 radical (unpaired) electrons. The van der Waals surface area contributed by atoms with Gasteiger partial charge in [0.1, 0.15) is 5.54 Å². The highest BCUT2D eigenvalue weighted by molar-refractivity contribution is 5.03. The van der Waals surface area contributed by atoms with Gasteiger partial charge >= 0.3 is 0 Å². The van der Waals surface area contributed by atoms with Crippen molar-refractivity contribution < 1.29 is 0 Å². The van der Waals surface area contributed by atoms with Crippen LogP contribution in [-0.2, 0) is 0 Å². The summed E-state index contributed by atoms with van der Waals surface area (Å²) >= 11 is 0. The van der Waals surface area contributed by atoms with E-state index in [1.54, 1.807) is 0 Å². The van der Waals surface area contributed by atoms with Gasteiger partial charge in [-0.15, -0.1) is 0 Å². The van der Waals surface area contributed by atoms with E-state index in [2.05, 4.69) is 37.2 Å². The molecular weight excluding hydrogens is 234 g/mol. The summed E-state index contributed by atoms with van der Waals surface area (Å²) in [5.74, 6) is 0.882. The number of hydrogen-bond donors (Lipinski definition) is 1. The van der Waals surface area contributed by atoms with Crippen molar-refractivity contribution in [2.24, 2.45) is 5.92 Å². The lowest BCUT2D eigenvalue weighted by Crippen LogP contribution is -2.42. The molecular formula is C16H31N3. The molecule has 0 heterocycles. The maximum absolute atomic E-state index is 9.24. The number of rotatable bonds is 7. The summed E-state index contributed by atoms with van der Waals surface area (Å²) in [6.07, 6.45) is 7.51. The molecule has 110 valence electrons. The Balaban J connectivity index is 2.30. The highest BCUT2D eigenvalue weighted by Crippen LogP contribution is 2.27. The van der Waals surface area contributed by atoms with Crippen LogP contribution < -0.4 is 5.32 Å². The maximum atomic E-state index is 9.24. The Labute approximate surface area is 119 Å². The largest absolute Gasteiger partial charge is 0.303 e. The monoisotopic (exact) mass is 265 g/mol. The average molecular weight is 265 g/mol. The van der Waals surface area contributed by atoms with Crippen molar-refractivity contribution in [1.29, 1.82) is 5.26 Å². The molecule has 1 fully saturated rings. The summed E-state index contributed by atoms with van der Waals surface area (Å²) < 4.78 is 0. The van der Waals surface area contributed by atoms with Gasteiger partial charge in [-0.05, 0) is 58.7 Å². The van der Waals surface area contributed by atoms with Crippen LogP contribution in [0.5, 0.6) is 0 Å². The zero-order valence-electron chi connectivity index (χ0n) is 13.2. The molecule has 1 N–H and O–H groups in total. The highest BCUT2D eigenvalue weighted by atomic mass is 15.1. The van der Waals surface area contributed by atoms with E-state index in [1.165, 1.54) is 25.7 Å². The molecule has 3 unspecified atom stereocenters. The normalized spacial score (nSPS) is 26.9. The summed E-state index contributed by atoms with van der Waals surface area (Å²) in [7, 11) is 2.25. The minimum Gasteiger partial charge on any atom is -0.303 e. The van der Waals surface area contributed by atoms with Crippen LogP contribution >= 0.6 is 0 Å². The van der Waals surface area contributed by atoms with E-state index in [0.29, 0.717) is 0 Å². The molecule has 1 rings (SSSR count). The van der Waals surface area contributed by atoms with Crippen molar-refractivity contribution in [1.82, 2.24) is 10.2 Å². The fourth-order valence-corrected chi connectivity index (χ4v) is 3.24. The molecule has 0 amide bonds. The second kappa shape index (κ2) is 7.87. The summed E-state index contributed by atoms with van der Waals surface area (Å²) in [5, 5.41) is 12.5. The second-order valence-electron chi connectivity index (χ2n) is 6.48. The van der Waals surface area contributed by atoms with Gasteiger partial charge in [-0.3, -0.25) is 5.32 Å². The Morgan fingerprint density at radius 3 is 2.74 bits per heavy atom. The third-order valence-corrected chi connectivity index (χ3v) is 4.53. The molecule has 0 aromatic rings. The van der Waals surface area contributed by atoms with Crippen molar-refractivity contribution in [2.45, 2.75) is 70.9 Å². The van der Waals surface area contributed by atoms with E-state index in [4.69, 9.17) is 0 Å². The predicted octanol–water partition coefficient (Wildman–Crippen LogP) is 3.17. The molecule has 1 aliphatic rings. The standard InChI is InChI=1S/C16H31N3/c1-5-18-16(3,13-17)10-7-11-19(4)15-9-6-8-14(2)12-15/h14-15,18H,5-12H2,1-4H3. The number of nitrogens with one attached hydrogen (secondary N) is 1. The lowest BCUT2D eigenvalue weighted by atomic mass is 9.86. The molecule has 3 atom stereocenters. The zero-order valence-corrected chi connectivity index (χ0v) is 13.2. The first-order valence-electron chi connectivity index (χ1n) is 7.87. The minimum absolute atomic E-state index is 0.352. The third-order valence-electron chi connectivity index (χ3n) is 4.53. The fourth-order valence-electron chi connectivity index (χ4n) is 3.24. The van der Waals surface area contributed by atoms with E-state index in [9.17, 15) is 5.26 Å². The molecule has 3 heteroatoms. The third kappa shape index (κ3) is 5.50. The lowest BCUT2D eigenvalue weighted by molar-refractivity contribution is 0.159. The van der Waals surface area contributed by atoms with Crippen LogP contribution in [0.25, 0.3) is 0 Å². The van der Waals surface area contributed by atoms with Crippen LogP contribution in [0.1, 0.15) is 59.3 Å². The van der Waals surface area contributed by atoms with Gasteiger partial charge in [0.05, 0.1) is 6.07 Å². The van der Waals surface area contributed by atoms with Gasteiger partial charge in [0, 0.05) is 6.04 Å². The quantitative estimate of drug-likeness (QED) is 0.768. The Hall–Kier alpha value is -0.590. The summed E-state index contributed by atoms with van der Waals surface area (Å²) in [5.41, 5.74) is -0.352. The SMILES string of the molecule is CCNC(C)(C#N)CCCN(C)C1CCCC(C)C1. The summed E-state index contributed by atoms with van der Waals surface area (Å²) in [6, 6.07) is 3.17. The van der Waals surface area contributed by atoms with Crippen LogP contribution in [0.3, 0.4) is 0 Å². The molecule has 0 saturated heterocycles. The molecule has 0 spiro atoms. The van der Waals surface area contributed by atoms with Gasteiger partial charge < -0.3 is 4.90 Å². The number of nitrogens with zero attached hydrogens (tertiary/aromatic N) is 2. The van der Waals surface area contributed by atoms with Crippen LogP contribution in [-0.4, -0.2) is 36.6 Å². The zero-order chi connectivity index (χ0) is 14.3. The number of hydrogen-bond acceptors (Lipinski definition) is 3. The van der Waals surface area contributed by atoms with Gasteiger partial charge in [0.15, 0.2) is 0 Å².